The zero-order valence-electron chi connectivity index (χ0n) is 16.0. The third-order valence-corrected chi connectivity index (χ3v) is 4.51. The van der Waals surface area contributed by atoms with Gasteiger partial charge in [-0.15, -0.1) is 0 Å². The molecule has 1 rings (SSSR count). The molecule has 0 spiro atoms. The summed E-state index contributed by atoms with van der Waals surface area (Å²) in [6.45, 7) is 13.1. The maximum atomic E-state index is 5.78. The number of nitrogens with one attached hydrogen (secondary N) is 2. The average molecular weight is 343 g/mol. The first-order chi connectivity index (χ1) is 11.8. The minimum Gasteiger partial charge on any atom is -0.381 e. The van der Waals surface area contributed by atoms with Gasteiger partial charge in [-0.05, 0) is 51.2 Å². The molecule has 0 aliphatic carbocycles. The quantitative estimate of drug-likeness (QED) is 0.321. The summed E-state index contributed by atoms with van der Waals surface area (Å²) in [6, 6.07) is 0. The molecule has 0 atom stereocenters. The van der Waals surface area contributed by atoms with Crippen molar-refractivity contribution in [2.75, 3.05) is 66.2 Å². The highest BCUT2D eigenvalue weighted by Crippen LogP contribution is 2.14. The Morgan fingerprint density at radius 3 is 2.42 bits per heavy atom. The number of aliphatic imine (C=N–C) groups is 1. The Morgan fingerprint density at radius 2 is 1.79 bits per heavy atom. The Balaban J connectivity index is 1.95. The molecule has 6 nitrogen and oxygen atoms in total. The molecule has 0 saturated carbocycles. The van der Waals surface area contributed by atoms with Crippen LogP contribution in [0.15, 0.2) is 4.99 Å². The Labute approximate surface area is 148 Å². The van der Waals surface area contributed by atoms with E-state index in [0.717, 1.165) is 90.8 Å². The molecule has 0 amide bonds. The lowest BCUT2D eigenvalue weighted by atomic mass is 10.0. The van der Waals surface area contributed by atoms with E-state index in [4.69, 9.17) is 9.47 Å². The van der Waals surface area contributed by atoms with Crippen LogP contribution in [-0.2, 0) is 9.47 Å². The van der Waals surface area contributed by atoms with Crippen LogP contribution in [0.4, 0.5) is 0 Å². The van der Waals surface area contributed by atoms with E-state index < -0.39 is 0 Å². The van der Waals surface area contributed by atoms with Gasteiger partial charge in [0.1, 0.15) is 0 Å². The summed E-state index contributed by atoms with van der Waals surface area (Å²) < 4.78 is 11.1. The normalized spacial score (nSPS) is 16.6. The predicted molar refractivity (Wildman–Crippen MR) is 101 cm³/mol. The van der Waals surface area contributed by atoms with E-state index in [9.17, 15) is 0 Å². The predicted octanol–water partition coefficient (Wildman–Crippen LogP) is 1.72. The van der Waals surface area contributed by atoms with Crippen molar-refractivity contribution in [2.45, 2.75) is 39.5 Å². The number of hydrogen-bond donors (Lipinski definition) is 2. The summed E-state index contributed by atoms with van der Waals surface area (Å²) in [5.74, 6) is 1.57. The molecule has 0 unspecified atom stereocenters. The van der Waals surface area contributed by atoms with Crippen molar-refractivity contribution in [3.8, 4) is 0 Å². The van der Waals surface area contributed by atoms with Gasteiger partial charge in [0, 0.05) is 46.6 Å². The van der Waals surface area contributed by atoms with Gasteiger partial charge >= 0.3 is 0 Å². The number of nitrogens with zero attached hydrogens (tertiary/aromatic N) is 2. The van der Waals surface area contributed by atoms with Crippen molar-refractivity contribution in [2.24, 2.45) is 10.9 Å². The van der Waals surface area contributed by atoms with Crippen molar-refractivity contribution in [3.63, 3.8) is 0 Å². The lowest BCUT2D eigenvalue weighted by Crippen LogP contribution is -2.39. The second kappa shape index (κ2) is 14.5. The van der Waals surface area contributed by atoms with Crippen LogP contribution >= 0.6 is 0 Å². The molecule has 1 heterocycles. The van der Waals surface area contributed by atoms with Crippen molar-refractivity contribution in [1.29, 1.82) is 0 Å². The van der Waals surface area contributed by atoms with Gasteiger partial charge in [-0.25, -0.2) is 0 Å². The highest BCUT2D eigenvalue weighted by Gasteiger charge is 2.13. The van der Waals surface area contributed by atoms with Crippen LogP contribution in [0.3, 0.4) is 0 Å². The van der Waals surface area contributed by atoms with Crippen molar-refractivity contribution < 1.29 is 9.47 Å². The van der Waals surface area contributed by atoms with Crippen LogP contribution < -0.4 is 10.6 Å². The maximum absolute atomic E-state index is 5.78. The molecule has 0 bridgehead atoms. The first-order valence-electron chi connectivity index (χ1n) is 9.62. The minimum absolute atomic E-state index is 0.687. The van der Waals surface area contributed by atoms with Gasteiger partial charge < -0.3 is 25.0 Å². The lowest BCUT2D eigenvalue weighted by Gasteiger charge is -2.21. The molecule has 142 valence electrons. The van der Waals surface area contributed by atoms with Gasteiger partial charge in [-0.3, -0.25) is 4.99 Å². The maximum Gasteiger partial charge on any atom is 0.190 e. The van der Waals surface area contributed by atoms with Crippen molar-refractivity contribution in [3.05, 3.63) is 0 Å². The van der Waals surface area contributed by atoms with E-state index >= 15 is 0 Å². The van der Waals surface area contributed by atoms with Crippen LogP contribution in [0, 0.1) is 5.92 Å². The first kappa shape index (κ1) is 21.2. The third-order valence-electron chi connectivity index (χ3n) is 4.51. The van der Waals surface area contributed by atoms with E-state index in [2.05, 4.69) is 34.4 Å². The van der Waals surface area contributed by atoms with Gasteiger partial charge in [-0.1, -0.05) is 13.8 Å². The summed E-state index contributed by atoms with van der Waals surface area (Å²) in [7, 11) is 1.82. The first-order valence-corrected chi connectivity index (χ1v) is 9.62. The Hall–Kier alpha value is -0.850. The minimum atomic E-state index is 0.687. The summed E-state index contributed by atoms with van der Waals surface area (Å²) >= 11 is 0. The largest absolute Gasteiger partial charge is 0.381 e. The van der Waals surface area contributed by atoms with Gasteiger partial charge in [0.05, 0.1) is 0 Å². The Morgan fingerprint density at radius 1 is 1.12 bits per heavy atom. The molecule has 6 heteroatoms. The van der Waals surface area contributed by atoms with E-state index in [0.29, 0.717) is 5.92 Å². The third kappa shape index (κ3) is 10.1. The highest BCUT2D eigenvalue weighted by molar-refractivity contribution is 5.79. The molecule has 1 saturated heterocycles. The topological polar surface area (TPSA) is 58.1 Å². The Kier molecular flexibility index (Phi) is 12.8. The number of hydrogen-bond acceptors (Lipinski definition) is 4. The van der Waals surface area contributed by atoms with E-state index in [1.807, 2.05) is 7.05 Å². The fraction of sp³-hybridized carbons (Fsp3) is 0.944. The van der Waals surface area contributed by atoms with E-state index in [1.54, 1.807) is 0 Å². The van der Waals surface area contributed by atoms with Crippen LogP contribution in [0.2, 0.25) is 0 Å². The zero-order chi connectivity index (χ0) is 17.5. The summed E-state index contributed by atoms with van der Waals surface area (Å²) in [4.78, 5) is 6.70. The molecule has 0 aromatic carbocycles. The molecule has 0 radical (unpaired) electrons. The van der Waals surface area contributed by atoms with Crippen molar-refractivity contribution >= 4 is 5.96 Å². The van der Waals surface area contributed by atoms with Gasteiger partial charge in [-0.2, -0.15) is 0 Å². The zero-order valence-corrected chi connectivity index (χ0v) is 16.0. The lowest BCUT2D eigenvalue weighted by molar-refractivity contribution is 0.0203. The smallest absolute Gasteiger partial charge is 0.190 e. The molecule has 1 aliphatic rings. The fourth-order valence-electron chi connectivity index (χ4n) is 2.81. The average Bonchev–Trinajstić information content (AvgIpc) is 2.63. The molecule has 2 N–H and O–H groups in total. The molecule has 0 aromatic rings. The van der Waals surface area contributed by atoms with Crippen molar-refractivity contribution in [1.82, 2.24) is 15.5 Å². The monoisotopic (exact) mass is 342 g/mol. The summed E-state index contributed by atoms with van der Waals surface area (Å²) in [5.41, 5.74) is 0. The van der Waals surface area contributed by atoms with E-state index in [1.165, 1.54) is 0 Å². The molecule has 1 aliphatic heterocycles. The second-order valence-corrected chi connectivity index (χ2v) is 6.29. The van der Waals surface area contributed by atoms with Crippen LogP contribution in [0.5, 0.6) is 0 Å². The van der Waals surface area contributed by atoms with E-state index in [-0.39, 0.29) is 0 Å². The van der Waals surface area contributed by atoms with Crippen LogP contribution in [0.1, 0.15) is 39.5 Å². The summed E-state index contributed by atoms with van der Waals surface area (Å²) in [5, 5.41) is 6.72. The Bertz CT molecular complexity index is 316. The molecular weight excluding hydrogens is 304 g/mol. The highest BCUT2D eigenvalue weighted by atomic mass is 16.5. The van der Waals surface area contributed by atoms with Gasteiger partial charge in [0.25, 0.3) is 0 Å². The second-order valence-electron chi connectivity index (χ2n) is 6.29. The molecule has 1 fully saturated rings. The summed E-state index contributed by atoms with van der Waals surface area (Å²) in [6.07, 6.45) is 4.42. The number of rotatable bonds is 12. The number of ether oxygens (including phenoxy) is 2. The van der Waals surface area contributed by atoms with Crippen LogP contribution in [0.25, 0.3) is 0 Å². The standard InChI is InChI=1S/C18H38N4O2/c1-4-22(5-2)12-6-10-20-18(19-3)21-11-7-13-24-16-17-8-14-23-15-9-17/h17H,4-16H2,1-3H3,(H2,19,20,21). The number of guanidine groups is 1. The fourth-order valence-corrected chi connectivity index (χ4v) is 2.81. The van der Waals surface area contributed by atoms with Gasteiger partial charge in [0.15, 0.2) is 5.96 Å². The van der Waals surface area contributed by atoms with Gasteiger partial charge in [0.2, 0.25) is 0 Å². The van der Waals surface area contributed by atoms with Crippen LogP contribution in [-0.4, -0.2) is 77.1 Å². The SMILES string of the molecule is CCN(CC)CCCNC(=NC)NCCCOCC1CCOCC1. The molecule has 0 aromatic heterocycles. The molecule has 24 heavy (non-hydrogen) atoms. The molecular formula is C18H38N4O2.